The number of carbonyl (C=O) groups is 1. The second-order valence-electron chi connectivity index (χ2n) is 2.99. The van der Waals surface area contributed by atoms with Crippen molar-refractivity contribution in [1.29, 1.82) is 0 Å². The summed E-state index contributed by atoms with van der Waals surface area (Å²) in [7, 11) is 0. The quantitative estimate of drug-likeness (QED) is 0.585. The predicted molar refractivity (Wildman–Crippen MR) is 52.3 cm³/mol. The minimum Gasteiger partial charge on any atom is -0.406 e. The van der Waals surface area contributed by atoms with Crippen LogP contribution in [0.2, 0.25) is 0 Å². The maximum atomic E-state index is 11.8. The van der Waals surface area contributed by atoms with Gasteiger partial charge in [0.25, 0.3) is 0 Å². The maximum absolute atomic E-state index is 11.8. The number of allylic oxidation sites excluding steroid dienone is 1. The molecule has 0 aliphatic heterocycles. The third kappa shape index (κ3) is 3.76. The Bertz CT molecular complexity index is 379. The van der Waals surface area contributed by atoms with Crippen molar-refractivity contribution in [3.63, 3.8) is 0 Å². The van der Waals surface area contributed by atoms with E-state index in [1.54, 1.807) is 0 Å². The largest absolute Gasteiger partial charge is 0.573 e. The molecule has 0 aliphatic rings. The second-order valence-corrected chi connectivity index (χ2v) is 2.99. The summed E-state index contributed by atoms with van der Waals surface area (Å²) in [6.45, 7) is 3.40. The van der Waals surface area contributed by atoms with Crippen molar-refractivity contribution in [2.75, 3.05) is 0 Å². The van der Waals surface area contributed by atoms with Gasteiger partial charge in [-0.05, 0) is 24.3 Å². The van der Waals surface area contributed by atoms with Crippen molar-refractivity contribution >= 4 is 5.78 Å². The van der Waals surface area contributed by atoms with Gasteiger partial charge in [-0.1, -0.05) is 6.08 Å². The van der Waals surface area contributed by atoms with Gasteiger partial charge in [0, 0.05) is 12.0 Å². The van der Waals surface area contributed by atoms with Crippen LogP contribution in [0.1, 0.15) is 16.8 Å². The lowest BCUT2D eigenvalue weighted by atomic mass is 10.1. The van der Waals surface area contributed by atoms with Gasteiger partial charge in [-0.15, -0.1) is 19.8 Å². The number of rotatable bonds is 4. The topological polar surface area (TPSA) is 26.3 Å². The number of ketones is 1. The molecular formula is C11H9F3O2. The lowest BCUT2D eigenvalue weighted by Gasteiger charge is -2.08. The van der Waals surface area contributed by atoms with Crippen LogP contribution in [0.4, 0.5) is 13.2 Å². The number of hydrogen-bond donors (Lipinski definition) is 0. The molecule has 0 atom stereocenters. The third-order valence-electron chi connectivity index (χ3n) is 1.74. The fraction of sp³-hybridized carbons (Fsp3) is 0.182. The van der Waals surface area contributed by atoms with Gasteiger partial charge in [-0.3, -0.25) is 4.79 Å². The summed E-state index contributed by atoms with van der Waals surface area (Å²) < 4.78 is 39.1. The number of carbonyl (C=O) groups excluding carboxylic acids is 1. The summed E-state index contributed by atoms with van der Waals surface area (Å²) in [5.41, 5.74) is 0.328. The summed E-state index contributed by atoms with van der Waals surface area (Å²) in [5.74, 6) is -0.545. The minimum absolute atomic E-state index is 0.152. The zero-order chi connectivity index (χ0) is 12.2. The average molecular weight is 230 g/mol. The molecule has 16 heavy (non-hydrogen) atoms. The lowest BCUT2D eigenvalue weighted by Crippen LogP contribution is -2.17. The van der Waals surface area contributed by atoms with Crippen LogP contribution in [0.5, 0.6) is 5.75 Å². The molecular weight excluding hydrogens is 221 g/mol. The number of halogens is 3. The fourth-order valence-corrected chi connectivity index (χ4v) is 1.09. The molecule has 0 spiro atoms. The van der Waals surface area contributed by atoms with E-state index in [1.807, 2.05) is 0 Å². The Balaban J connectivity index is 2.75. The summed E-state index contributed by atoms with van der Waals surface area (Å²) in [5, 5.41) is 0. The Morgan fingerprint density at radius 1 is 1.31 bits per heavy atom. The molecule has 0 N–H and O–H groups in total. The minimum atomic E-state index is -4.72. The summed E-state index contributed by atoms with van der Waals surface area (Å²) in [6.07, 6.45) is -3.13. The number of hydrogen-bond acceptors (Lipinski definition) is 2. The molecule has 0 amide bonds. The van der Waals surface area contributed by atoms with Gasteiger partial charge in [0.15, 0.2) is 5.78 Å². The monoisotopic (exact) mass is 230 g/mol. The highest BCUT2D eigenvalue weighted by molar-refractivity contribution is 5.96. The first-order valence-electron chi connectivity index (χ1n) is 4.42. The average Bonchev–Trinajstić information content (AvgIpc) is 2.16. The Morgan fingerprint density at radius 3 is 2.31 bits per heavy atom. The van der Waals surface area contributed by atoms with E-state index in [2.05, 4.69) is 11.3 Å². The molecule has 2 nitrogen and oxygen atoms in total. The van der Waals surface area contributed by atoms with Crippen LogP contribution in [0, 0.1) is 0 Å². The van der Waals surface area contributed by atoms with E-state index in [4.69, 9.17) is 0 Å². The van der Waals surface area contributed by atoms with Crippen LogP contribution in [0.3, 0.4) is 0 Å². The van der Waals surface area contributed by atoms with E-state index < -0.39 is 6.36 Å². The van der Waals surface area contributed by atoms with Gasteiger partial charge >= 0.3 is 6.36 Å². The van der Waals surface area contributed by atoms with Gasteiger partial charge in [-0.2, -0.15) is 0 Å². The summed E-state index contributed by atoms with van der Waals surface area (Å²) >= 11 is 0. The molecule has 0 aliphatic carbocycles. The highest BCUT2D eigenvalue weighted by Crippen LogP contribution is 2.22. The van der Waals surface area contributed by atoms with E-state index >= 15 is 0 Å². The van der Waals surface area contributed by atoms with E-state index in [0.29, 0.717) is 5.56 Å². The van der Waals surface area contributed by atoms with Crippen LogP contribution in [0.25, 0.3) is 0 Å². The van der Waals surface area contributed by atoms with E-state index in [-0.39, 0.29) is 18.0 Å². The summed E-state index contributed by atoms with van der Waals surface area (Å²) in [4.78, 5) is 11.3. The fourth-order valence-electron chi connectivity index (χ4n) is 1.09. The number of alkyl halides is 3. The van der Waals surface area contributed by atoms with Crippen molar-refractivity contribution in [1.82, 2.24) is 0 Å². The normalized spacial score (nSPS) is 10.9. The van der Waals surface area contributed by atoms with Gasteiger partial charge < -0.3 is 4.74 Å². The zero-order valence-electron chi connectivity index (χ0n) is 8.25. The molecule has 1 aromatic carbocycles. The molecule has 0 fully saturated rings. The Labute approximate surface area is 90.3 Å². The van der Waals surface area contributed by atoms with Crippen LogP contribution in [-0.4, -0.2) is 12.1 Å². The number of benzene rings is 1. The van der Waals surface area contributed by atoms with Gasteiger partial charge in [0.05, 0.1) is 0 Å². The van der Waals surface area contributed by atoms with E-state index in [1.165, 1.54) is 18.2 Å². The maximum Gasteiger partial charge on any atom is 0.573 e. The van der Waals surface area contributed by atoms with Crippen molar-refractivity contribution in [2.24, 2.45) is 0 Å². The van der Waals surface area contributed by atoms with Gasteiger partial charge in [0.1, 0.15) is 5.75 Å². The van der Waals surface area contributed by atoms with Crippen molar-refractivity contribution in [3.8, 4) is 5.75 Å². The standard InChI is InChI=1S/C11H9F3O2/c1-2-3-10(15)8-4-6-9(7-5-8)16-11(12,13)14/h2,4-7H,1,3H2. The molecule has 0 radical (unpaired) electrons. The Morgan fingerprint density at radius 2 is 1.88 bits per heavy atom. The first kappa shape index (κ1) is 12.3. The molecule has 5 heteroatoms. The lowest BCUT2D eigenvalue weighted by molar-refractivity contribution is -0.274. The molecule has 0 saturated heterocycles. The Hall–Kier alpha value is -1.78. The first-order valence-corrected chi connectivity index (χ1v) is 4.42. The summed E-state index contributed by atoms with van der Waals surface area (Å²) in [6, 6.07) is 4.77. The van der Waals surface area contributed by atoms with Crippen LogP contribution < -0.4 is 4.74 Å². The molecule has 0 saturated carbocycles. The third-order valence-corrected chi connectivity index (χ3v) is 1.74. The Kier molecular flexibility index (Phi) is 3.71. The highest BCUT2D eigenvalue weighted by atomic mass is 19.4. The number of ether oxygens (including phenoxy) is 1. The van der Waals surface area contributed by atoms with E-state index in [0.717, 1.165) is 12.1 Å². The smallest absolute Gasteiger partial charge is 0.406 e. The van der Waals surface area contributed by atoms with Crippen LogP contribution in [0.15, 0.2) is 36.9 Å². The van der Waals surface area contributed by atoms with E-state index in [9.17, 15) is 18.0 Å². The van der Waals surface area contributed by atoms with Crippen molar-refractivity contribution in [2.45, 2.75) is 12.8 Å². The van der Waals surface area contributed by atoms with Gasteiger partial charge in [0.2, 0.25) is 0 Å². The molecule has 1 rings (SSSR count). The molecule has 0 aromatic heterocycles. The van der Waals surface area contributed by atoms with Crippen LogP contribution >= 0.6 is 0 Å². The molecule has 1 aromatic rings. The predicted octanol–water partition coefficient (Wildman–Crippen LogP) is 3.34. The molecule has 86 valence electrons. The first-order chi connectivity index (χ1) is 7.42. The SMILES string of the molecule is C=CCC(=O)c1ccc(OC(F)(F)F)cc1. The van der Waals surface area contributed by atoms with Gasteiger partial charge in [-0.25, -0.2) is 0 Å². The molecule has 0 unspecified atom stereocenters. The zero-order valence-corrected chi connectivity index (χ0v) is 8.25. The molecule has 0 heterocycles. The van der Waals surface area contributed by atoms with Crippen molar-refractivity contribution < 1.29 is 22.7 Å². The highest BCUT2D eigenvalue weighted by Gasteiger charge is 2.30. The number of Topliss-reactive ketones (excluding diaryl/α,β-unsaturated/α-hetero) is 1. The molecule has 0 bridgehead atoms. The second kappa shape index (κ2) is 4.83. The van der Waals surface area contributed by atoms with Crippen LogP contribution in [-0.2, 0) is 0 Å². The van der Waals surface area contributed by atoms with Crippen molar-refractivity contribution in [3.05, 3.63) is 42.5 Å².